The third-order valence-electron chi connectivity index (χ3n) is 6.15. The van der Waals surface area contributed by atoms with E-state index in [9.17, 15) is 14.9 Å². The zero-order valence-electron chi connectivity index (χ0n) is 16.4. The summed E-state index contributed by atoms with van der Waals surface area (Å²) in [7, 11) is 0. The summed E-state index contributed by atoms with van der Waals surface area (Å²) in [6.45, 7) is 0.888. The molecule has 1 atom stereocenters. The van der Waals surface area contributed by atoms with Gasteiger partial charge in [-0.15, -0.1) is 0 Å². The minimum absolute atomic E-state index is 0.0348. The van der Waals surface area contributed by atoms with E-state index < -0.39 is 11.6 Å². The molecular weight excluding hydrogens is 352 g/mol. The molecule has 0 radical (unpaired) electrons. The first kappa shape index (κ1) is 20.3. The number of likely N-dealkylation sites (tertiary alicyclic amines) is 1. The lowest BCUT2D eigenvalue weighted by atomic mass is 9.84. The molecule has 150 valence electrons. The molecule has 1 aromatic carbocycles. The van der Waals surface area contributed by atoms with Crippen LogP contribution in [0.15, 0.2) is 30.3 Å². The van der Waals surface area contributed by atoms with Gasteiger partial charge in [-0.3, -0.25) is 9.59 Å². The first-order valence-corrected chi connectivity index (χ1v) is 10.4. The fourth-order valence-corrected chi connectivity index (χ4v) is 4.34. The number of nitrogens with zero attached hydrogens (tertiary/aromatic N) is 2. The number of benzene rings is 1. The molecule has 1 unspecified atom stereocenters. The molecule has 6 nitrogen and oxygen atoms in total. The molecule has 1 aliphatic heterocycles. The van der Waals surface area contributed by atoms with Gasteiger partial charge in [0.2, 0.25) is 5.91 Å². The summed E-state index contributed by atoms with van der Waals surface area (Å²) in [5.41, 5.74) is 5.85. The SMILES string of the molecule is N#CC1(NC(=O)C(N)CC2CCCCC2)CCN(C(=O)c2ccccc2)CC1. The van der Waals surface area contributed by atoms with Crippen LogP contribution in [-0.2, 0) is 4.79 Å². The normalized spacial score (nSPS) is 20.8. The number of piperidine rings is 1. The lowest BCUT2D eigenvalue weighted by molar-refractivity contribution is -0.124. The Morgan fingerprint density at radius 2 is 1.82 bits per heavy atom. The lowest BCUT2D eigenvalue weighted by Gasteiger charge is -2.38. The van der Waals surface area contributed by atoms with Crippen LogP contribution in [0.4, 0.5) is 0 Å². The summed E-state index contributed by atoms with van der Waals surface area (Å²) >= 11 is 0. The Morgan fingerprint density at radius 1 is 1.18 bits per heavy atom. The van der Waals surface area contributed by atoms with Gasteiger partial charge < -0.3 is 16.0 Å². The van der Waals surface area contributed by atoms with Crippen molar-refractivity contribution in [3.05, 3.63) is 35.9 Å². The summed E-state index contributed by atoms with van der Waals surface area (Å²) < 4.78 is 0. The molecule has 3 N–H and O–H groups in total. The maximum Gasteiger partial charge on any atom is 0.253 e. The molecular formula is C22H30N4O2. The highest BCUT2D eigenvalue weighted by molar-refractivity contribution is 5.94. The summed E-state index contributed by atoms with van der Waals surface area (Å²) in [6.07, 6.45) is 7.51. The average molecular weight is 383 g/mol. The lowest BCUT2D eigenvalue weighted by Crippen LogP contribution is -2.58. The van der Waals surface area contributed by atoms with Crippen molar-refractivity contribution in [1.29, 1.82) is 5.26 Å². The van der Waals surface area contributed by atoms with E-state index in [1.807, 2.05) is 18.2 Å². The van der Waals surface area contributed by atoms with E-state index in [4.69, 9.17) is 5.73 Å². The molecule has 28 heavy (non-hydrogen) atoms. The van der Waals surface area contributed by atoms with Gasteiger partial charge in [0.1, 0.15) is 5.54 Å². The molecule has 1 heterocycles. The van der Waals surface area contributed by atoms with Gasteiger partial charge in [0, 0.05) is 31.5 Å². The van der Waals surface area contributed by atoms with E-state index in [0.717, 1.165) is 12.8 Å². The second-order valence-corrected chi connectivity index (χ2v) is 8.19. The Kier molecular flexibility index (Phi) is 6.69. The zero-order chi connectivity index (χ0) is 20.0. The molecule has 0 aromatic heterocycles. The molecule has 0 bridgehead atoms. The van der Waals surface area contributed by atoms with Crippen LogP contribution in [-0.4, -0.2) is 41.4 Å². The molecule has 2 fully saturated rings. The highest BCUT2D eigenvalue weighted by Gasteiger charge is 2.38. The monoisotopic (exact) mass is 382 g/mol. The number of hydrogen-bond acceptors (Lipinski definition) is 4. The smallest absolute Gasteiger partial charge is 0.253 e. The van der Waals surface area contributed by atoms with Crippen molar-refractivity contribution in [1.82, 2.24) is 10.2 Å². The summed E-state index contributed by atoms with van der Waals surface area (Å²) in [6, 6.07) is 10.8. The number of nitriles is 1. The first-order valence-electron chi connectivity index (χ1n) is 10.4. The summed E-state index contributed by atoms with van der Waals surface area (Å²) in [5.74, 6) is 0.236. The van der Waals surface area contributed by atoms with Crippen LogP contribution in [0.3, 0.4) is 0 Å². The highest BCUT2D eigenvalue weighted by Crippen LogP contribution is 2.28. The minimum Gasteiger partial charge on any atom is -0.338 e. The van der Waals surface area contributed by atoms with E-state index in [1.54, 1.807) is 17.0 Å². The number of hydrogen-bond donors (Lipinski definition) is 2. The summed E-state index contributed by atoms with van der Waals surface area (Å²) in [4.78, 5) is 27.0. The van der Waals surface area contributed by atoms with E-state index in [-0.39, 0.29) is 11.8 Å². The predicted molar refractivity (Wildman–Crippen MR) is 107 cm³/mol. The first-order chi connectivity index (χ1) is 13.5. The standard InChI is InChI=1S/C22H30N4O2/c23-16-22(25-20(27)19(24)15-17-7-3-1-4-8-17)11-13-26(14-12-22)21(28)18-9-5-2-6-10-18/h2,5-6,9-10,17,19H,1,3-4,7-8,11-15,24H2,(H,25,27). The van der Waals surface area contributed by atoms with Crippen molar-refractivity contribution in [3.8, 4) is 6.07 Å². The zero-order valence-corrected chi connectivity index (χ0v) is 16.4. The molecule has 2 amide bonds. The van der Waals surface area contributed by atoms with Crippen LogP contribution >= 0.6 is 0 Å². The second kappa shape index (κ2) is 9.20. The quantitative estimate of drug-likeness (QED) is 0.817. The van der Waals surface area contributed by atoms with Crippen LogP contribution in [0, 0.1) is 17.2 Å². The third-order valence-corrected chi connectivity index (χ3v) is 6.15. The van der Waals surface area contributed by atoms with Crippen molar-refractivity contribution >= 4 is 11.8 Å². The van der Waals surface area contributed by atoms with Crippen LogP contribution < -0.4 is 11.1 Å². The van der Waals surface area contributed by atoms with Crippen molar-refractivity contribution in [2.75, 3.05) is 13.1 Å². The van der Waals surface area contributed by atoms with Gasteiger partial charge in [-0.25, -0.2) is 0 Å². The van der Waals surface area contributed by atoms with Gasteiger partial charge in [0.15, 0.2) is 0 Å². The Balaban J connectivity index is 1.54. The maximum absolute atomic E-state index is 12.6. The summed E-state index contributed by atoms with van der Waals surface area (Å²) in [5, 5.41) is 12.6. The van der Waals surface area contributed by atoms with Gasteiger partial charge >= 0.3 is 0 Å². The largest absolute Gasteiger partial charge is 0.338 e. The van der Waals surface area contributed by atoms with Gasteiger partial charge in [0.05, 0.1) is 12.1 Å². The van der Waals surface area contributed by atoms with Crippen molar-refractivity contribution in [3.63, 3.8) is 0 Å². The molecule has 2 aliphatic rings. The molecule has 1 saturated heterocycles. The van der Waals surface area contributed by atoms with Crippen molar-refractivity contribution in [2.45, 2.75) is 62.9 Å². The number of nitrogens with two attached hydrogens (primary N) is 1. The molecule has 1 aromatic rings. The number of carbonyl (C=O) groups excluding carboxylic acids is 2. The van der Waals surface area contributed by atoms with Crippen LogP contribution in [0.5, 0.6) is 0 Å². The third kappa shape index (κ3) is 4.90. The van der Waals surface area contributed by atoms with E-state index in [1.165, 1.54) is 19.3 Å². The predicted octanol–water partition coefficient (Wildman–Crippen LogP) is 2.60. The van der Waals surface area contributed by atoms with Crippen molar-refractivity contribution in [2.24, 2.45) is 11.7 Å². The maximum atomic E-state index is 12.6. The molecule has 6 heteroatoms. The van der Waals surface area contributed by atoms with Gasteiger partial charge in [0.25, 0.3) is 5.91 Å². The van der Waals surface area contributed by atoms with Crippen molar-refractivity contribution < 1.29 is 9.59 Å². The topological polar surface area (TPSA) is 99.2 Å². The molecule has 1 aliphatic carbocycles. The fraction of sp³-hybridized carbons (Fsp3) is 0.591. The van der Waals surface area contributed by atoms with E-state index >= 15 is 0 Å². The van der Waals surface area contributed by atoms with Crippen LogP contribution in [0.2, 0.25) is 0 Å². The number of rotatable bonds is 5. The molecule has 3 rings (SSSR count). The average Bonchev–Trinajstić information content (AvgIpc) is 2.75. The van der Waals surface area contributed by atoms with Gasteiger partial charge in [-0.1, -0.05) is 50.3 Å². The minimum atomic E-state index is -0.936. The van der Waals surface area contributed by atoms with Gasteiger partial charge in [-0.2, -0.15) is 5.26 Å². The Morgan fingerprint density at radius 3 is 2.43 bits per heavy atom. The number of nitrogens with one attached hydrogen (secondary N) is 1. The fourth-order valence-electron chi connectivity index (χ4n) is 4.34. The van der Waals surface area contributed by atoms with Crippen LogP contribution in [0.1, 0.15) is 61.7 Å². The number of carbonyl (C=O) groups is 2. The highest BCUT2D eigenvalue weighted by atomic mass is 16.2. The van der Waals surface area contributed by atoms with E-state index in [0.29, 0.717) is 43.8 Å². The Labute approximate surface area is 167 Å². The second-order valence-electron chi connectivity index (χ2n) is 8.19. The van der Waals surface area contributed by atoms with Crippen LogP contribution in [0.25, 0.3) is 0 Å². The molecule has 0 spiro atoms. The molecule has 1 saturated carbocycles. The van der Waals surface area contributed by atoms with E-state index in [2.05, 4.69) is 11.4 Å². The Hall–Kier alpha value is -2.39. The van der Waals surface area contributed by atoms with Gasteiger partial charge in [-0.05, 0) is 24.5 Å². The number of amides is 2. The Bertz CT molecular complexity index is 714.